The lowest BCUT2D eigenvalue weighted by Gasteiger charge is -2.37. The van der Waals surface area contributed by atoms with E-state index in [-0.39, 0.29) is 17.3 Å². The molecule has 1 aliphatic carbocycles. The largest absolute Gasteiger partial charge is 0.463 e. The van der Waals surface area contributed by atoms with E-state index >= 15 is 0 Å². The number of benzene rings is 2. The number of fused-ring (bicyclic) bond motifs is 2. The number of aryl methyl sites for hydroxylation is 1. The Balaban J connectivity index is 1.18. The van der Waals surface area contributed by atoms with Crippen molar-refractivity contribution in [3.8, 4) is 12.1 Å². The van der Waals surface area contributed by atoms with Gasteiger partial charge < -0.3 is 24.6 Å². The van der Waals surface area contributed by atoms with E-state index in [0.717, 1.165) is 112 Å². The van der Waals surface area contributed by atoms with Crippen molar-refractivity contribution in [1.82, 2.24) is 20.2 Å². The van der Waals surface area contributed by atoms with Crippen molar-refractivity contribution in [2.75, 3.05) is 75.4 Å². The zero-order valence-electron chi connectivity index (χ0n) is 24.9. The van der Waals surface area contributed by atoms with Gasteiger partial charge in [0.25, 0.3) is 0 Å². The topological polar surface area (TPSA) is 89.8 Å². The van der Waals surface area contributed by atoms with Crippen LogP contribution in [0.15, 0.2) is 30.3 Å². The first kappa shape index (κ1) is 28.3. The highest BCUT2D eigenvalue weighted by atomic mass is 19.1. The molecule has 0 bridgehead atoms. The zero-order chi connectivity index (χ0) is 29.4. The van der Waals surface area contributed by atoms with Gasteiger partial charge in [0, 0.05) is 73.9 Å². The Hall–Kier alpha value is -3.52. The lowest BCUT2D eigenvalue weighted by molar-refractivity contribution is 0.0231. The van der Waals surface area contributed by atoms with E-state index in [0.29, 0.717) is 31.1 Å². The molecule has 0 spiro atoms. The SMILES string of the molecule is Cc1c(F)ccc2cccc(N3CCc4c(nc(OCC5(CN6CCOCC6)CC5)nc4N4CCN[C@@H](CC#N)C4)C3)c12. The predicted molar refractivity (Wildman–Crippen MR) is 164 cm³/mol. The van der Waals surface area contributed by atoms with Crippen molar-refractivity contribution in [3.63, 3.8) is 0 Å². The summed E-state index contributed by atoms with van der Waals surface area (Å²) >= 11 is 0. The molecule has 1 atom stereocenters. The van der Waals surface area contributed by atoms with Crippen LogP contribution in [0.3, 0.4) is 0 Å². The van der Waals surface area contributed by atoms with Crippen molar-refractivity contribution in [2.45, 2.75) is 45.2 Å². The fraction of sp³-hybridized carbons (Fsp3) is 0.545. The summed E-state index contributed by atoms with van der Waals surface area (Å²) in [6.45, 7) is 10.8. The number of halogens is 1. The second-order valence-electron chi connectivity index (χ2n) is 12.6. The van der Waals surface area contributed by atoms with E-state index in [9.17, 15) is 9.65 Å². The molecule has 4 heterocycles. The summed E-state index contributed by atoms with van der Waals surface area (Å²) in [5, 5.41) is 14.8. The molecule has 1 saturated carbocycles. The molecule has 0 amide bonds. The van der Waals surface area contributed by atoms with Gasteiger partial charge in [0.2, 0.25) is 0 Å². The number of nitrogens with zero attached hydrogens (tertiary/aromatic N) is 6. The van der Waals surface area contributed by atoms with Crippen molar-refractivity contribution in [3.05, 3.63) is 53.0 Å². The number of rotatable bonds is 8. The average Bonchev–Trinajstić information content (AvgIpc) is 3.81. The zero-order valence-corrected chi connectivity index (χ0v) is 24.9. The van der Waals surface area contributed by atoms with Gasteiger partial charge in [-0.3, -0.25) is 4.90 Å². The Kier molecular flexibility index (Phi) is 7.80. The van der Waals surface area contributed by atoms with E-state index in [1.807, 2.05) is 25.1 Å². The Morgan fingerprint density at radius 1 is 1.12 bits per heavy atom. The highest BCUT2D eigenvalue weighted by molar-refractivity contribution is 5.97. The molecule has 4 aliphatic rings. The number of hydrogen-bond acceptors (Lipinski definition) is 9. The molecule has 10 heteroatoms. The lowest BCUT2D eigenvalue weighted by Crippen LogP contribution is -2.51. The Morgan fingerprint density at radius 3 is 2.79 bits per heavy atom. The molecule has 226 valence electrons. The first-order valence-electron chi connectivity index (χ1n) is 15.6. The molecule has 2 aromatic carbocycles. The normalized spacial score (nSPS) is 21.8. The van der Waals surface area contributed by atoms with Crippen LogP contribution in [-0.2, 0) is 17.7 Å². The van der Waals surface area contributed by atoms with E-state index in [1.54, 1.807) is 6.07 Å². The van der Waals surface area contributed by atoms with Gasteiger partial charge in [-0.25, -0.2) is 4.39 Å². The van der Waals surface area contributed by atoms with Gasteiger partial charge in [-0.05, 0) is 49.3 Å². The van der Waals surface area contributed by atoms with Crippen LogP contribution in [0, 0.1) is 29.5 Å². The van der Waals surface area contributed by atoms with Crippen LogP contribution < -0.4 is 19.9 Å². The highest BCUT2D eigenvalue weighted by Crippen LogP contribution is 2.46. The summed E-state index contributed by atoms with van der Waals surface area (Å²) in [6.07, 6.45) is 3.55. The standard InChI is InChI=1S/C33H40FN7O2/c1-23-27(34)6-5-24-3-2-4-29(30(23)24)40-13-8-26-28(20-40)37-32(38-31(26)41-14-12-36-25(19-41)7-11-35)43-22-33(9-10-33)21-39-15-17-42-18-16-39/h2-6,25,36H,7-10,12-22H2,1H3/t25-/m0/s1. The van der Waals surface area contributed by atoms with Crippen molar-refractivity contribution in [1.29, 1.82) is 5.26 Å². The van der Waals surface area contributed by atoms with Crippen LogP contribution in [0.25, 0.3) is 10.8 Å². The Bertz CT molecular complexity index is 1530. The molecule has 3 fully saturated rings. The number of morpholine rings is 1. The molecule has 3 aromatic rings. The first-order chi connectivity index (χ1) is 21.0. The van der Waals surface area contributed by atoms with Crippen molar-refractivity contribution >= 4 is 22.3 Å². The van der Waals surface area contributed by atoms with Crippen molar-refractivity contribution < 1.29 is 13.9 Å². The Morgan fingerprint density at radius 2 is 1.98 bits per heavy atom. The fourth-order valence-electron chi connectivity index (χ4n) is 6.94. The van der Waals surface area contributed by atoms with Gasteiger partial charge >= 0.3 is 6.01 Å². The third-order valence-corrected chi connectivity index (χ3v) is 9.60. The van der Waals surface area contributed by atoms with Gasteiger partial charge in [-0.15, -0.1) is 0 Å². The van der Waals surface area contributed by atoms with Gasteiger partial charge in [0.05, 0.1) is 44.5 Å². The minimum absolute atomic E-state index is 0.102. The van der Waals surface area contributed by atoms with Crippen LogP contribution in [-0.4, -0.2) is 86.5 Å². The van der Waals surface area contributed by atoms with Crippen LogP contribution in [0.4, 0.5) is 15.9 Å². The summed E-state index contributed by atoms with van der Waals surface area (Å²) in [7, 11) is 0. The van der Waals surface area contributed by atoms with Gasteiger partial charge in [-0.1, -0.05) is 18.2 Å². The quantitative estimate of drug-likeness (QED) is 0.424. The third-order valence-electron chi connectivity index (χ3n) is 9.60. The summed E-state index contributed by atoms with van der Waals surface area (Å²) in [6, 6.07) is 12.4. The van der Waals surface area contributed by atoms with E-state index in [1.165, 1.54) is 0 Å². The van der Waals surface area contributed by atoms with Gasteiger partial charge in [-0.2, -0.15) is 15.2 Å². The van der Waals surface area contributed by atoms with Gasteiger partial charge in [0.15, 0.2) is 0 Å². The maximum absolute atomic E-state index is 14.7. The lowest BCUT2D eigenvalue weighted by atomic mass is 9.99. The molecule has 9 nitrogen and oxygen atoms in total. The van der Waals surface area contributed by atoms with Crippen molar-refractivity contribution in [2.24, 2.45) is 5.41 Å². The molecule has 7 rings (SSSR count). The molecule has 0 unspecified atom stereocenters. The molecule has 0 radical (unpaired) electrons. The maximum atomic E-state index is 14.7. The minimum Gasteiger partial charge on any atom is -0.463 e. The number of anilines is 2. The molecule has 1 N–H and O–H groups in total. The van der Waals surface area contributed by atoms with Crippen LogP contribution in [0.5, 0.6) is 6.01 Å². The second kappa shape index (κ2) is 11.9. The highest BCUT2D eigenvalue weighted by Gasteiger charge is 2.45. The van der Waals surface area contributed by atoms with Crippen LogP contribution in [0.1, 0.15) is 36.1 Å². The number of piperazine rings is 1. The summed E-state index contributed by atoms with van der Waals surface area (Å²) in [5.74, 6) is 0.747. The molecule has 2 saturated heterocycles. The average molecular weight is 586 g/mol. The summed E-state index contributed by atoms with van der Waals surface area (Å²) < 4.78 is 26.7. The van der Waals surface area contributed by atoms with E-state index < -0.39 is 0 Å². The van der Waals surface area contributed by atoms with E-state index in [4.69, 9.17) is 19.4 Å². The fourth-order valence-corrected chi connectivity index (χ4v) is 6.94. The summed E-state index contributed by atoms with van der Waals surface area (Å²) in [4.78, 5) is 17.2. The maximum Gasteiger partial charge on any atom is 0.318 e. The molecule has 3 aliphatic heterocycles. The molecular formula is C33H40FN7O2. The van der Waals surface area contributed by atoms with Crippen LogP contribution in [0.2, 0.25) is 0 Å². The monoisotopic (exact) mass is 585 g/mol. The molecule has 43 heavy (non-hydrogen) atoms. The minimum atomic E-state index is -0.186. The van der Waals surface area contributed by atoms with E-state index in [2.05, 4.69) is 32.2 Å². The predicted octanol–water partition coefficient (Wildman–Crippen LogP) is 3.82. The number of aromatic nitrogens is 2. The molecular weight excluding hydrogens is 545 g/mol. The molecule has 1 aromatic heterocycles. The van der Waals surface area contributed by atoms with Gasteiger partial charge in [0.1, 0.15) is 11.6 Å². The number of ether oxygens (including phenoxy) is 2. The summed E-state index contributed by atoms with van der Waals surface area (Å²) in [5.41, 5.74) is 3.97. The number of hydrogen-bond donors (Lipinski definition) is 1. The third kappa shape index (κ3) is 5.86. The van der Waals surface area contributed by atoms with Crippen LogP contribution >= 0.6 is 0 Å². The smallest absolute Gasteiger partial charge is 0.318 e. The number of nitriles is 1. The first-order valence-corrected chi connectivity index (χ1v) is 15.6. The second-order valence-corrected chi connectivity index (χ2v) is 12.6. The Labute approximate surface area is 252 Å². The number of nitrogens with one attached hydrogen (secondary N) is 1.